The number of ether oxygens (including phenoxy) is 2. The van der Waals surface area contributed by atoms with E-state index in [1.54, 1.807) is 0 Å². The van der Waals surface area contributed by atoms with E-state index in [2.05, 4.69) is 54.2 Å². The van der Waals surface area contributed by atoms with Gasteiger partial charge in [0, 0.05) is 12.2 Å². The van der Waals surface area contributed by atoms with E-state index in [1.165, 1.54) is 0 Å². The third kappa shape index (κ3) is 10.8. The summed E-state index contributed by atoms with van der Waals surface area (Å²) >= 11 is 8.65. The van der Waals surface area contributed by atoms with Crippen LogP contribution in [0.1, 0.15) is 0 Å². The van der Waals surface area contributed by atoms with Crippen LogP contribution in [0, 0.1) is 0 Å². The highest BCUT2D eigenvalue weighted by Gasteiger charge is 2.00. The maximum atomic E-state index is 11.0. The van der Waals surface area contributed by atoms with Crippen LogP contribution in [0.5, 0.6) is 0 Å². The van der Waals surface area contributed by atoms with Crippen LogP contribution in [-0.2, 0) is 19.1 Å². The van der Waals surface area contributed by atoms with Gasteiger partial charge in [-0.1, -0.05) is 0 Å². The van der Waals surface area contributed by atoms with Gasteiger partial charge in [-0.2, -0.15) is 0 Å². The Morgan fingerprint density at radius 3 is 1.67 bits per heavy atom. The van der Waals surface area contributed by atoms with Crippen molar-refractivity contribution in [2.45, 2.75) is 0 Å². The maximum Gasteiger partial charge on any atom is 0.331 e. The first-order chi connectivity index (χ1) is 8.70. The topological polar surface area (TPSA) is 77.3 Å². The summed E-state index contributed by atoms with van der Waals surface area (Å²) in [5.74, 6) is -1.33. The molecule has 0 aliphatic rings. The van der Waals surface area contributed by atoms with Crippen LogP contribution in [0.2, 0.25) is 0 Å². The summed E-state index contributed by atoms with van der Waals surface area (Å²) in [4.78, 5) is 29.2. The van der Waals surface area contributed by atoms with Crippen LogP contribution in [0.3, 0.4) is 0 Å². The molecule has 18 heavy (non-hydrogen) atoms. The standard InChI is InChI=1S/C10H10N2O4S2/c13-9(15-5-3-11-7-17)1-2-10(14)16-6-4-12-8-18/h1-2H,3-6H2/b2-1+. The Kier molecular flexibility index (Phi) is 10.6. The molecule has 96 valence electrons. The molecule has 0 aromatic rings. The van der Waals surface area contributed by atoms with Crippen molar-refractivity contribution in [1.29, 1.82) is 0 Å². The van der Waals surface area contributed by atoms with Gasteiger partial charge in [-0.15, -0.1) is 0 Å². The Morgan fingerprint density at radius 2 is 1.33 bits per heavy atom. The monoisotopic (exact) mass is 286 g/mol. The quantitative estimate of drug-likeness (QED) is 0.216. The predicted octanol–water partition coefficient (Wildman–Crippen LogP) is 0.835. The van der Waals surface area contributed by atoms with E-state index in [0.29, 0.717) is 0 Å². The number of nitrogens with zero attached hydrogens (tertiary/aromatic N) is 2. The largest absolute Gasteiger partial charge is 0.461 e. The number of aliphatic imine (C=N–C) groups is 2. The van der Waals surface area contributed by atoms with Crippen LogP contribution in [-0.4, -0.2) is 48.6 Å². The highest BCUT2D eigenvalue weighted by atomic mass is 32.1. The summed E-state index contributed by atoms with van der Waals surface area (Å²) in [6, 6.07) is 0. The molecule has 0 atom stereocenters. The number of carbonyl (C=O) groups is 2. The van der Waals surface area contributed by atoms with Crippen LogP contribution < -0.4 is 0 Å². The third-order valence-corrected chi connectivity index (χ3v) is 1.64. The molecule has 0 saturated heterocycles. The molecule has 0 heterocycles. The number of hydrogen-bond donors (Lipinski definition) is 0. The van der Waals surface area contributed by atoms with Gasteiger partial charge in [0.2, 0.25) is 0 Å². The van der Waals surface area contributed by atoms with Crippen LogP contribution in [0.25, 0.3) is 0 Å². The van der Waals surface area contributed by atoms with Crippen molar-refractivity contribution in [3.05, 3.63) is 12.2 Å². The minimum atomic E-state index is -0.663. The van der Waals surface area contributed by atoms with Crippen LogP contribution >= 0.6 is 24.4 Å². The van der Waals surface area contributed by atoms with Gasteiger partial charge in [0.15, 0.2) is 0 Å². The SMILES string of the molecule is O=C(/C=C/C(=O)OCCN=C=S)OCCN=C=S. The molecule has 0 aromatic carbocycles. The molecule has 6 nitrogen and oxygen atoms in total. The molecule has 0 fully saturated rings. The molecule has 0 aliphatic carbocycles. The second-order valence-electron chi connectivity index (χ2n) is 2.61. The number of hydrogen-bond acceptors (Lipinski definition) is 8. The van der Waals surface area contributed by atoms with Gasteiger partial charge in [0.05, 0.1) is 23.4 Å². The van der Waals surface area contributed by atoms with E-state index in [9.17, 15) is 9.59 Å². The molecule has 0 N–H and O–H groups in total. The molecule has 0 spiro atoms. The fraction of sp³-hybridized carbons (Fsp3) is 0.400. The van der Waals surface area contributed by atoms with Crippen molar-refractivity contribution in [3.8, 4) is 0 Å². The summed E-state index contributed by atoms with van der Waals surface area (Å²) in [5.41, 5.74) is 0. The average Bonchev–Trinajstić information content (AvgIpc) is 2.37. The smallest absolute Gasteiger partial charge is 0.331 e. The van der Waals surface area contributed by atoms with E-state index in [-0.39, 0.29) is 26.3 Å². The number of thiocarbonyl (C=S) groups is 2. The van der Waals surface area contributed by atoms with Gasteiger partial charge in [0.1, 0.15) is 13.2 Å². The molecule has 0 aliphatic heterocycles. The fourth-order valence-electron chi connectivity index (χ4n) is 0.707. The predicted molar refractivity (Wildman–Crippen MR) is 70.8 cm³/mol. The fourth-order valence-corrected chi connectivity index (χ4v) is 0.890. The zero-order valence-electron chi connectivity index (χ0n) is 9.33. The van der Waals surface area contributed by atoms with Gasteiger partial charge in [-0.3, -0.25) is 0 Å². The van der Waals surface area contributed by atoms with E-state index in [0.717, 1.165) is 12.2 Å². The van der Waals surface area contributed by atoms with Crippen LogP contribution in [0.4, 0.5) is 0 Å². The molecule has 0 aromatic heterocycles. The van der Waals surface area contributed by atoms with E-state index in [4.69, 9.17) is 0 Å². The lowest BCUT2D eigenvalue weighted by Crippen LogP contribution is -2.08. The van der Waals surface area contributed by atoms with Gasteiger partial charge in [-0.05, 0) is 24.4 Å². The lowest BCUT2D eigenvalue weighted by Gasteiger charge is -1.98. The Labute approximate surface area is 114 Å². The molecular formula is C10H10N2O4S2. The number of carbonyl (C=O) groups excluding carboxylic acids is 2. The minimum Gasteiger partial charge on any atom is -0.461 e. The summed E-state index contributed by atoms with van der Waals surface area (Å²) in [5, 5.41) is 4.26. The maximum absolute atomic E-state index is 11.0. The second-order valence-corrected chi connectivity index (χ2v) is 2.98. The highest BCUT2D eigenvalue weighted by molar-refractivity contribution is 7.78. The Hall–Kier alpha value is -1.72. The minimum absolute atomic E-state index is 0.0746. The van der Waals surface area contributed by atoms with E-state index < -0.39 is 11.9 Å². The van der Waals surface area contributed by atoms with E-state index in [1.807, 2.05) is 0 Å². The average molecular weight is 286 g/mol. The molecule has 0 bridgehead atoms. The summed E-state index contributed by atoms with van der Waals surface area (Å²) in [7, 11) is 0. The van der Waals surface area contributed by atoms with Crippen LogP contribution in [0.15, 0.2) is 22.1 Å². The Bertz CT molecular complexity index is 372. The first-order valence-electron chi connectivity index (χ1n) is 4.79. The zero-order valence-corrected chi connectivity index (χ0v) is 11.0. The first kappa shape index (κ1) is 16.3. The normalized spacial score (nSPS) is 9.11. The number of isothiocyanates is 2. The van der Waals surface area contributed by atoms with Crippen molar-refractivity contribution >= 4 is 46.7 Å². The van der Waals surface area contributed by atoms with E-state index >= 15 is 0 Å². The molecule has 0 radical (unpaired) electrons. The second kappa shape index (κ2) is 11.8. The third-order valence-electron chi connectivity index (χ3n) is 1.38. The first-order valence-corrected chi connectivity index (χ1v) is 5.61. The lowest BCUT2D eigenvalue weighted by atomic mass is 10.5. The lowest BCUT2D eigenvalue weighted by molar-refractivity contribution is -0.140. The molecule has 0 amide bonds. The molecule has 0 saturated carbocycles. The van der Waals surface area contributed by atoms with Crippen molar-refractivity contribution < 1.29 is 19.1 Å². The number of rotatable bonds is 8. The Balaban J connectivity index is 3.77. The highest BCUT2D eigenvalue weighted by Crippen LogP contribution is 1.86. The summed E-state index contributed by atoms with van der Waals surface area (Å²) in [6.07, 6.45) is 1.93. The van der Waals surface area contributed by atoms with Crippen molar-refractivity contribution in [1.82, 2.24) is 0 Å². The van der Waals surface area contributed by atoms with Crippen molar-refractivity contribution in [3.63, 3.8) is 0 Å². The molecule has 8 heteroatoms. The van der Waals surface area contributed by atoms with Gasteiger partial charge in [-0.25, -0.2) is 19.6 Å². The van der Waals surface area contributed by atoms with Crippen molar-refractivity contribution in [2.24, 2.45) is 9.98 Å². The van der Waals surface area contributed by atoms with Crippen molar-refractivity contribution in [2.75, 3.05) is 26.3 Å². The molecule has 0 unspecified atom stereocenters. The summed E-state index contributed by atoms with van der Waals surface area (Å²) < 4.78 is 9.36. The van der Waals surface area contributed by atoms with Gasteiger partial charge < -0.3 is 9.47 Å². The number of esters is 2. The zero-order chi connectivity index (χ0) is 13.6. The Morgan fingerprint density at radius 1 is 0.944 bits per heavy atom. The van der Waals surface area contributed by atoms with Gasteiger partial charge >= 0.3 is 11.9 Å². The molecular weight excluding hydrogens is 276 g/mol. The summed E-state index contributed by atoms with van der Waals surface area (Å²) in [6.45, 7) is 0.628. The van der Waals surface area contributed by atoms with Gasteiger partial charge in [0.25, 0.3) is 0 Å². The molecule has 0 rings (SSSR count).